The lowest BCUT2D eigenvalue weighted by Crippen LogP contribution is -2.28. The average Bonchev–Trinajstić information content (AvgIpc) is 2.93. The van der Waals surface area contributed by atoms with Crippen molar-refractivity contribution in [1.29, 1.82) is 0 Å². The number of hydrogen-bond donors (Lipinski definition) is 2. The predicted octanol–water partition coefficient (Wildman–Crippen LogP) is 0.710. The van der Waals surface area contributed by atoms with Crippen LogP contribution in [0.5, 0.6) is 0 Å². The van der Waals surface area contributed by atoms with Crippen molar-refractivity contribution in [1.82, 2.24) is 10.2 Å². The molecular weight excluding hydrogens is 244 g/mol. The first kappa shape index (κ1) is 11.7. The molecule has 1 fully saturated rings. The summed E-state index contributed by atoms with van der Waals surface area (Å²) < 4.78 is 0. The Morgan fingerprint density at radius 1 is 1.53 bits per heavy atom. The van der Waals surface area contributed by atoms with Crippen LogP contribution in [0.3, 0.4) is 0 Å². The molecular formula is C13H14N4O2. The molecule has 3 N–H and O–H groups in total. The number of nitrogens with two attached hydrogens (primary N) is 1. The average molecular weight is 258 g/mol. The van der Waals surface area contributed by atoms with E-state index in [2.05, 4.69) is 10.2 Å². The summed E-state index contributed by atoms with van der Waals surface area (Å²) in [5, 5.41) is 8.11. The number of carbonyl (C=O) groups excluding carboxylic acids is 2. The molecule has 1 aliphatic rings. The van der Waals surface area contributed by atoms with Crippen LogP contribution < -0.4 is 10.6 Å². The standard InChI is InChI=1S/C13H14N4O2/c1-7-10-3-2-9(5-11(10)16-15-7)17-6-8(13(14)19)4-12(17)18/h2-3,5,8H,4,6H2,1H3,(H2,14,19)(H,15,16). The third-order valence-corrected chi connectivity index (χ3v) is 3.57. The molecule has 0 spiro atoms. The van der Waals surface area contributed by atoms with Crippen molar-refractivity contribution in [3.63, 3.8) is 0 Å². The highest BCUT2D eigenvalue weighted by Crippen LogP contribution is 2.28. The number of aryl methyl sites for hydroxylation is 1. The smallest absolute Gasteiger partial charge is 0.227 e. The topological polar surface area (TPSA) is 92.1 Å². The summed E-state index contributed by atoms with van der Waals surface area (Å²) in [6, 6.07) is 5.64. The molecule has 2 heterocycles. The van der Waals surface area contributed by atoms with Gasteiger partial charge in [-0.15, -0.1) is 0 Å². The quantitative estimate of drug-likeness (QED) is 0.830. The molecule has 1 atom stereocenters. The van der Waals surface area contributed by atoms with Gasteiger partial charge in [0.15, 0.2) is 0 Å². The van der Waals surface area contributed by atoms with Crippen molar-refractivity contribution in [2.24, 2.45) is 11.7 Å². The van der Waals surface area contributed by atoms with E-state index in [1.807, 2.05) is 25.1 Å². The highest BCUT2D eigenvalue weighted by Gasteiger charge is 2.34. The first-order chi connectivity index (χ1) is 9.06. The molecule has 1 aromatic carbocycles. The lowest BCUT2D eigenvalue weighted by Gasteiger charge is -2.16. The summed E-state index contributed by atoms with van der Waals surface area (Å²) in [6.45, 7) is 2.29. The summed E-state index contributed by atoms with van der Waals surface area (Å²) in [5.74, 6) is -0.896. The van der Waals surface area contributed by atoms with Crippen molar-refractivity contribution in [2.45, 2.75) is 13.3 Å². The number of aromatic nitrogens is 2. The first-order valence-corrected chi connectivity index (χ1v) is 6.10. The largest absolute Gasteiger partial charge is 0.369 e. The van der Waals surface area contributed by atoms with Crippen LogP contribution in [0, 0.1) is 12.8 Å². The number of nitrogens with zero attached hydrogens (tertiary/aromatic N) is 2. The number of anilines is 1. The third kappa shape index (κ3) is 1.85. The minimum absolute atomic E-state index is 0.0737. The van der Waals surface area contributed by atoms with Crippen LogP contribution in [0.4, 0.5) is 5.69 Å². The molecule has 1 saturated heterocycles. The minimum Gasteiger partial charge on any atom is -0.369 e. The number of fused-ring (bicyclic) bond motifs is 1. The number of aromatic amines is 1. The second kappa shape index (κ2) is 4.08. The van der Waals surface area contributed by atoms with Crippen LogP contribution in [0.25, 0.3) is 10.9 Å². The molecule has 1 aliphatic heterocycles. The van der Waals surface area contributed by atoms with E-state index in [1.54, 1.807) is 4.90 Å². The molecule has 1 unspecified atom stereocenters. The summed E-state index contributed by atoms with van der Waals surface area (Å²) >= 11 is 0. The maximum atomic E-state index is 11.9. The van der Waals surface area contributed by atoms with E-state index < -0.39 is 11.8 Å². The zero-order valence-electron chi connectivity index (χ0n) is 10.5. The third-order valence-electron chi connectivity index (χ3n) is 3.57. The van der Waals surface area contributed by atoms with Crippen molar-refractivity contribution >= 4 is 28.4 Å². The molecule has 19 heavy (non-hydrogen) atoms. The van der Waals surface area contributed by atoms with Gasteiger partial charge in [0.2, 0.25) is 11.8 Å². The molecule has 3 rings (SSSR count). The molecule has 0 saturated carbocycles. The number of amides is 2. The van der Waals surface area contributed by atoms with E-state index >= 15 is 0 Å². The summed E-state index contributed by atoms with van der Waals surface area (Å²) in [7, 11) is 0. The molecule has 0 radical (unpaired) electrons. The van der Waals surface area contributed by atoms with E-state index in [4.69, 9.17) is 5.73 Å². The Bertz CT molecular complexity index is 676. The van der Waals surface area contributed by atoms with Crippen LogP contribution in [-0.4, -0.2) is 28.6 Å². The Balaban J connectivity index is 1.96. The number of H-pyrrole nitrogens is 1. The van der Waals surface area contributed by atoms with Gasteiger partial charge in [0, 0.05) is 29.7 Å². The molecule has 1 aromatic heterocycles. The number of carbonyl (C=O) groups is 2. The second-order valence-electron chi connectivity index (χ2n) is 4.86. The normalized spacial score (nSPS) is 19.3. The summed E-state index contributed by atoms with van der Waals surface area (Å²) in [4.78, 5) is 24.7. The molecule has 6 heteroatoms. The molecule has 0 aliphatic carbocycles. The summed E-state index contributed by atoms with van der Waals surface area (Å²) in [6.07, 6.45) is 0.187. The maximum Gasteiger partial charge on any atom is 0.227 e. The van der Waals surface area contributed by atoms with E-state index in [9.17, 15) is 9.59 Å². The van der Waals surface area contributed by atoms with Crippen LogP contribution in [0.15, 0.2) is 18.2 Å². The fourth-order valence-electron chi connectivity index (χ4n) is 2.45. The van der Waals surface area contributed by atoms with Crippen LogP contribution in [0.1, 0.15) is 12.1 Å². The molecule has 6 nitrogen and oxygen atoms in total. The Labute approximate surface area is 109 Å². The van der Waals surface area contributed by atoms with E-state index in [1.165, 1.54) is 0 Å². The van der Waals surface area contributed by atoms with Gasteiger partial charge in [0.05, 0.1) is 11.4 Å². The van der Waals surface area contributed by atoms with Gasteiger partial charge in [-0.1, -0.05) is 0 Å². The Kier molecular flexibility index (Phi) is 2.51. The van der Waals surface area contributed by atoms with E-state index in [-0.39, 0.29) is 12.3 Å². The van der Waals surface area contributed by atoms with Gasteiger partial charge in [-0.3, -0.25) is 14.7 Å². The number of rotatable bonds is 2. The molecule has 2 amide bonds. The van der Waals surface area contributed by atoms with Gasteiger partial charge >= 0.3 is 0 Å². The highest BCUT2D eigenvalue weighted by molar-refractivity contribution is 6.01. The van der Waals surface area contributed by atoms with E-state index in [0.29, 0.717) is 6.54 Å². The first-order valence-electron chi connectivity index (χ1n) is 6.10. The van der Waals surface area contributed by atoms with Crippen molar-refractivity contribution in [3.05, 3.63) is 23.9 Å². The zero-order chi connectivity index (χ0) is 13.6. The Morgan fingerprint density at radius 2 is 2.32 bits per heavy atom. The lowest BCUT2D eigenvalue weighted by atomic mass is 10.1. The van der Waals surface area contributed by atoms with Crippen LogP contribution >= 0.6 is 0 Å². The second-order valence-corrected chi connectivity index (χ2v) is 4.86. The van der Waals surface area contributed by atoms with Gasteiger partial charge in [-0.05, 0) is 25.1 Å². The van der Waals surface area contributed by atoms with Crippen molar-refractivity contribution in [2.75, 3.05) is 11.4 Å². The number of nitrogens with one attached hydrogen (secondary N) is 1. The SMILES string of the molecule is Cc1[nH]nc2cc(N3CC(C(N)=O)CC3=O)ccc12. The van der Waals surface area contributed by atoms with Gasteiger partial charge in [0.25, 0.3) is 0 Å². The van der Waals surface area contributed by atoms with Crippen molar-refractivity contribution < 1.29 is 9.59 Å². The minimum atomic E-state index is -0.424. The van der Waals surface area contributed by atoms with Gasteiger partial charge in [-0.25, -0.2) is 0 Å². The number of hydrogen-bond acceptors (Lipinski definition) is 3. The van der Waals surface area contributed by atoms with Crippen molar-refractivity contribution in [3.8, 4) is 0 Å². The van der Waals surface area contributed by atoms with Gasteiger partial charge in [-0.2, -0.15) is 5.10 Å². The fourth-order valence-corrected chi connectivity index (χ4v) is 2.45. The summed E-state index contributed by atoms with van der Waals surface area (Å²) in [5.41, 5.74) is 7.82. The van der Waals surface area contributed by atoms with Crippen LogP contribution in [-0.2, 0) is 9.59 Å². The van der Waals surface area contributed by atoms with Gasteiger partial charge in [0.1, 0.15) is 0 Å². The van der Waals surface area contributed by atoms with E-state index in [0.717, 1.165) is 22.3 Å². The lowest BCUT2D eigenvalue weighted by molar-refractivity contribution is -0.123. The Hall–Kier alpha value is -2.37. The maximum absolute atomic E-state index is 11.9. The fraction of sp³-hybridized carbons (Fsp3) is 0.308. The van der Waals surface area contributed by atoms with Crippen LogP contribution in [0.2, 0.25) is 0 Å². The highest BCUT2D eigenvalue weighted by atomic mass is 16.2. The molecule has 2 aromatic rings. The number of primary amides is 1. The molecule has 98 valence electrons. The predicted molar refractivity (Wildman–Crippen MR) is 70.5 cm³/mol. The molecule has 0 bridgehead atoms. The monoisotopic (exact) mass is 258 g/mol. The number of benzene rings is 1. The zero-order valence-corrected chi connectivity index (χ0v) is 10.5. The van der Waals surface area contributed by atoms with Gasteiger partial charge < -0.3 is 10.6 Å². The Morgan fingerprint density at radius 3 is 3.00 bits per heavy atom.